The molecule has 0 fully saturated rings. The van der Waals surface area contributed by atoms with Crippen molar-refractivity contribution in [3.05, 3.63) is 0 Å². The molecule has 0 bridgehead atoms. The highest BCUT2D eigenvalue weighted by Gasteiger charge is 2.15. The fourth-order valence-electron chi connectivity index (χ4n) is 0.644. The lowest BCUT2D eigenvalue weighted by atomic mass is 10.1. The number of hydrogen-bond acceptors (Lipinski definition) is 5. The minimum absolute atomic E-state index is 0.180. The summed E-state index contributed by atoms with van der Waals surface area (Å²) in [5, 5.41) is 6.84. The largest absolute Gasteiger partial charge is 0.468 e. The smallest absolute Gasteiger partial charge is 0.319 e. The van der Waals surface area contributed by atoms with E-state index in [2.05, 4.69) is 20.6 Å². The first-order chi connectivity index (χ1) is 6.02. The lowest BCUT2D eigenvalue weighted by Crippen LogP contribution is -2.44. The maximum absolute atomic E-state index is 10.8. The van der Waals surface area contributed by atoms with Crippen molar-refractivity contribution < 1.29 is 9.53 Å². The van der Waals surface area contributed by atoms with E-state index in [0.717, 1.165) is 0 Å². The number of ether oxygens (including phenoxy) is 1. The Labute approximate surface area is 78.5 Å². The van der Waals surface area contributed by atoms with E-state index in [0.29, 0.717) is 0 Å². The number of nitrogens with one attached hydrogen (secondary N) is 2. The number of hydrogen-bond donors (Lipinski definition) is 2. The highest BCUT2D eigenvalue weighted by atomic mass is 16.5. The Kier molecular flexibility index (Phi) is 5.06. The Morgan fingerprint density at radius 3 is 2.69 bits per heavy atom. The van der Waals surface area contributed by atoms with Gasteiger partial charge in [-0.1, -0.05) is 0 Å². The molecule has 13 heavy (non-hydrogen) atoms. The van der Waals surface area contributed by atoms with Crippen LogP contribution in [0.4, 0.5) is 0 Å². The molecular formula is C8H17N3O2. The van der Waals surface area contributed by atoms with Crippen LogP contribution in [0.5, 0.6) is 0 Å². The van der Waals surface area contributed by atoms with E-state index in [-0.39, 0.29) is 18.1 Å². The summed E-state index contributed by atoms with van der Waals surface area (Å²) < 4.78 is 4.49. The van der Waals surface area contributed by atoms with Crippen LogP contribution < -0.4 is 10.7 Å². The van der Waals surface area contributed by atoms with Crippen LogP contribution in [0, 0.1) is 0 Å². The molecule has 76 valence electrons. The fourth-order valence-corrected chi connectivity index (χ4v) is 0.644. The molecule has 5 heteroatoms. The number of methoxy groups -OCH3 is 1. The van der Waals surface area contributed by atoms with Crippen LogP contribution in [0.3, 0.4) is 0 Å². The van der Waals surface area contributed by atoms with Crippen molar-refractivity contribution in [1.29, 1.82) is 0 Å². The SMILES string of the molecule is CN/N=C\C(C)(C)NCC(=O)OC. The molecule has 0 aliphatic heterocycles. The number of esters is 1. The topological polar surface area (TPSA) is 62.7 Å². The molecule has 0 atom stereocenters. The maximum Gasteiger partial charge on any atom is 0.319 e. The highest BCUT2D eigenvalue weighted by Crippen LogP contribution is 1.96. The van der Waals surface area contributed by atoms with Crippen molar-refractivity contribution >= 4 is 12.2 Å². The van der Waals surface area contributed by atoms with Crippen LogP contribution in [0.25, 0.3) is 0 Å². The van der Waals surface area contributed by atoms with Crippen LogP contribution in [0.2, 0.25) is 0 Å². The van der Waals surface area contributed by atoms with E-state index in [1.54, 1.807) is 13.3 Å². The summed E-state index contributed by atoms with van der Waals surface area (Å²) in [6.07, 6.45) is 1.69. The highest BCUT2D eigenvalue weighted by molar-refractivity contribution is 5.74. The van der Waals surface area contributed by atoms with Gasteiger partial charge >= 0.3 is 5.97 Å². The average Bonchev–Trinajstić information content (AvgIpc) is 2.11. The summed E-state index contributed by atoms with van der Waals surface area (Å²) in [4.78, 5) is 10.8. The second-order valence-corrected chi connectivity index (χ2v) is 3.13. The Bertz CT molecular complexity index is 190. The van der Waals surface area contributed by atoms with E-state index in [1.807, 2.05) is 13.8 Å². The summed E-state index contributed by atoms with van der Waals surface area (Å²) in [5.74, 6) is -0.286. The third kappa shape index (κ3) is 6.10. The molecule has 0 amide bonds. The first kappa shape index (κ1) is 11.9. The van der Waals surface area contributed by atoms with Gasteiger partial charge < -0.3 is 10.2 Å². The predicted octanol–water partition coefficient (Wildman–Crippen LogP) is -0.267. The van der Waals surface area contributed by atoms with Gasteiger partial charge in [0, 0.05) is 13.3 Å². The number of carbonyl (C=O) groups is 1. The molecular weight excluding hydrogens is 170 g/mol. The Morgan fingerprint density at radius 2 is 2.23 bits per heavy atom. The minimum atomic E-state index is -0.322. The van der Waals surface area contributed by atoms with Gasteiger partial charge in [0.15, 0.2) is 0 Å². The molecule has 5 nitrogen and oxygen atoms in total. The van der Waals surface area contributed by atoms with Gasteiger partial charge in [0.1, 0.15) is 0 Å². The molecule has 0 unspecified atom stereocenters. The van der Waals surface area contributed by atoms with E-state index < -0.39 is 0 Å². The van der Waals surface area contributed by atoms with Gasteiger partial charge in [-0.2, -0.15) is 5.10 Å². The Morgan fingerprint density at radius 1 is 1.62 bits per heavy atom. The molecule has 0 rings (SSSR count). The molecule has 2 N–H and O–H groups in total. The molecule has 0 saturated carbocycles. The van der Waals surface area contributed by atoms with Crippen molar-refractivity contribution in [2.45, 2.75) is 19.4 Å². The first-order valence-corrected chi connectivity index (χ1v) is 4.04. The van der Waals surface area contributed by atoms with E-state index >= 15 is 0 Å². The molecule has 0 aromatic rings. The molecule has 0 radical (unpaired) electrons. The summed E-state index contributed by atoms with van der Waals surface area (Å²) in [6.45, 7) is 4.01. The quantitative estimate of drug-likeness (QED) is 0.353. The van der Waals surface area contributed by atoms with Crippen molar-refractivity contribution in [1.82, 2.24) is 10.7 Å². The number of nitrogens with zero attached hydrogens (tertiary/aromatic N) is 1. The third-order valence-electron chi connectivity index (χ3n) is 1.43. The normalized spacial score (nSPS) is 11.7. The third-order valence-corrected chi connectivity index (χ3v) is 1.43. The van der Waals surface area contributed by atoms with E-state index in [4.69, 9.17) is 0 Å². The maximum atomic E-state index is 10.8. The Balaban J connectivity index is 3.88. The summed E-state index contributed by atoms with van der Waals surface area (Å²) in [7, 11) is 3.07. The summed E-state index contributed by atoms with van der Waals surface area (Å²) in [5.41, 5.74) is 2.32. The van der Waals surface area contributed by atoms with Crippen LogP contribution in [0.1, 0.15) is 13.8 Å². The van der Waals surface area contributed by atoms with Crippen molar-refractivity contribution in [2.75, 3.05) is 20.7 Å². The lowest BCUT2D eigenvalue weighted by Gasteiger charge is -2.20. The summed E-state index contributed by atoms with van der Waals surface area (Å²) >= 11 is 0. The number of rotatable bonds is 5. The lowest BCUT2D eigenvalue weighted by molar-refractivity contribution is -0.139. The van der Waals surface area contributed by atoms with Crippen molar-refractivity contribution in [2.24, 2.45) is 5.10 Å². The monoisotopic (exact) mass is 187 g/mol. The van der Waals surface area contributed by atoms with Gasteiger partial charge in [-0.3, -0.25) is 10.1 Å². The van der Waals surface area contributed by atoms with Gasteiger partial charge in [0.2, 0.25) is 0 Å². The average molecular weight is 187 g/mol. The number of hydrazone groups is 1. The second kappa shape index (κ2) is 5.53. The number of carbonyl (C=O) groups excluding carboxylic acids is 1. The van der Waals surface area contributed by atoms with Crippen LogP contribution in [0.15, 0.2) is 5.10 Å². The summed E-state index contributed by atoms with van der Waals surface area (Å²) in [6, 6.07) is 0. The van der Waals surface area contributed by atoms with Gasteiger partial charge in [0.25, 0.3) is 0 Å². The minimum Gasteiger partial charge on any atom is -0.468 e. The zero-order valence-electron chi connectivity index (χ0n) is 8.55. The van der Waals surface area contributed by atoms with E-state index in [1.165, 1.54) is 7.11 Å². The van der Waals surface area contributed by atoms with Gasteiger partial charge in [-0.25, -0.2) is 0 Å². The molecule has 0 saturated heterocycles. The van der Waals surface area contributed by atoms with E-state index in [9.17, 15) is 4.79 Å². The fraction of sp³-hybridized carbons (Fsp3) is 0.750. The van der Waals surface area contributed by atoms with Crippen LogP contribution >= 0.6 is 0 Å². The van der Waals surface area contributed by atoms with Gasteiger partial charge in [-0.05, 0) is 13.8 Å². The zero-order chi connectivity index (χ0) is 10.3. The molecule has 0 aliphatic carbocycles. The molecule has 0 aliphatic rings. The first-order valence-electron chi connectivity index (χ1n) is 4.04. The molecule has 0 heterocycles. The Hall–Kier alpha value is -1.10. The molecule has 0 spiro atoms. The standard InChI is InChI=1S/C8H17N3O2/c1-8(2,6-11-9-3)10-5-7(12)13-4/h6,9-10H,5H2,1-4H3/b11-6-. The van der Waals surface area contributed by atoms with Gasteiger partial charge in [0.05, 0.1) is 19.2 Å². The van der Waals surface area contributed by atoms with Crippen LogP contribution in [-0.4, -0.2) is 38.4 Å². The van der Waals surface area contributed by atoms with Gasteiger partial charge in [-0.15, -0.1) is 0 Å². The van der Waals surface area contributed by atoms with Crippen LogP contribution in [-0.2, 0) is 9.53 Å². The molecule has 0 aromatic heterocycles. The zero-order valence-corrected chi connectivity index (χ0v) is 8.55. The molecule has 0 aromatic carbocycles. The predicted molar refractivity (Wildman–Crippen MR) is 51.6 cm³/mol. The van der Waals surface area contributed by atoms with Crippen molar-refractivity contribution in [3.63, 3.8) is 0 Å². The van der Waals surface area contributed by atoms with Crippen molar-refractivity contribution in [3.8, 4) is 0 Å². The second-order valence-electron chi connectivity index (χ2n) is 3.13.